The molecule has 1 aromatic carbocycles. The van der Waals surface area contributed by atoms with Gasteiger partial charge < -0.3 is 5.32 Å². The van der Waals surface area contributed by atoms with Crippen molar-refractivity contribution >= 4 is 23.7 Å². The maximum atomic E-state index is 11.9. The van der Waals surface area contributed by atoms with Crippen LogP contribution in [0.2, 0.25) is 0 Å². The third-order valence-electron chi connectivity index (χ3n) is 3.31. The number of carbonyl (C=O) groups excluding carboxylic acids is 2. The standard InChI is InChI=1S/C16H22N6O2S/c1-11(2)8-9-17-15(24)18-14(23)10-25-16-19-20-21-22(16)13-6-4-12(3)5-7-13/h4-7,11H,8-10H2,1-3H3,(H2,17,18,23,24). The van der Waals surface area contributed by atoms with Crippen molar-refractivity contribution in [1.82, 2.24) is 30.8 Å². The van der Waals surface area contributed by atoms with Gasteiger partial charge in [-0.1, -0.05) is 43.3 Å². The molecule has 25 heavy (non-hydrogen) atoms. The molecular formula is C16H22N6O2S. The summed E-state index contributed by atoms with van der Waals surface area (Å²) >= 11 is 1.17. The van der Waals surface area contributed by atoms with Crippen molar-refractivity contribution < 1.29 is 9.59 Å². The van der Waals surface area contributed by atoms with Gasteiger partial charge in [-0.25, -0.2) is 4.79 Å². The van der Waals surface area contributed by atoms with E-state index < -0.39 is 11.9 Å². The Kier molecular flexibility index (Phi) is 6.93. The number of hydrogen-bond donors (Lipinski definition) is 2. The summed E-state index contributed by atoms with van der Waals surface area (Å²) in [7, 11) is 0. The molecule has 3 amide bonds. The van der Waals surface area contributed by atoms with Gasteiger partial charge in [0.15, 0.2) is 0 Å². The summed E-state index contributed by atoms with van der Waals surface area (Å²) in [6.07, 6.45) is 0.863. The topological polar surface area (TPSA) is 102 Å². The largest absolute Gasteiger partial charge is 0.338 e. The van der Waals surface area contributed by atoms with Crippen LogP contribution >= 0.6 is 11.8 Å². The van der Waals surface area contributed by atoms with Crippen LogP contribution in [0.3, 0.4) is 0 Å². The predicted octanol–water partition coefficient (Wildman–Crippen LogP) is 1.93. The first-order valence-corrected chi connectivity index (χ1v) is 9.00. The average Bonchev–Trinajstić information content (AvgIpc) is 3.01. The summed E-state index contributed by atoms with van der Waals surface area (Å²) in [5, 5.41) is 16.9. The highest BCUT2D eigenvalue weighted by atomic mass is 32.2. The molecule has 0 saturated heterocycles. The van der Waals surface area contributed by atoms with Crippen molar-refractivity contribution in [2.45, 2.75) is 32.3 Å². The highest BCUT2D eigenvalue weighted by Gasteiger charge is 2.13. The van der Waals surface area contributed by atoms with Gasteiger partial charge in [0.05, 0.1) is 11.4 Å². The first-order valence-electron chi connectivity index (χ1n) is 8.01. The van der Waals surface area contributed by atoms with E-state index in [0.29, 0.717) is 17.6 Å². The summed E-state index contributed by atoms with van der Waals surface area (Å²) in [5.41, 5.74) is 1.94. The SMILES string of the molecule is Cc1ccc(-n2nnnc2SCC(=O)NC(=O)NCCC(C)C)cc1. The number of rotatable bonds is 7. The molecule has 1 heterocycles. The van der Waals surface area contributed by atoms with E-state index >= 15 is 0 Å². The van der Waals surface area contributed by atoms with Gasteiger partial charge in [-0.15, -0.1) is 5.10 Å². The Morgan fingerprint density at radius 1 is 1.24 bits per heavy atom. The van der Waals surface area contributed by atoms with Crippen molar-refractivity contribution in [1.29, 1.82) is 0 Å². The van der Waals surface area contributed by atoms with Gasteiger partial charge in [0.2, 0.25) is 11.1 Å². The number of carbonyl (C=O) groups is 2. The van der Waals surface area contributed by atoms with Gasteiger partial charge in [-0.3, -0.25) is 10.1 Å². The third kappa shape index (κ3) is 6.18. The number of hydrogen-bond acceptors (Lipinski definition) is 6. The zero-order chi connectivity index (χ0) is 18.2. The summed E-state index contributed by atoms with van der Waals surface area (Å²) < 4.78 is 1.56. The maximum Gasteiger partial charge on any atom is 0.321 e. The molecule has 0 bridgehead atoms. The molecule has 0 unspecified atom stereocenters. The van der Waals surface area contributed by atoms with Crippen molar-refractivity contribution in [3.05, 3.63) is 29.8 Å². The average molecular weight is 362 g/mol. The Morgan fingerprint density at radius 3 is 2.64 bits per heavy atom. The molecular weight excluding hydrogens is 340 g/mol. The van der Waals surface area contributed by atoms with E-state index in [2.05, 4.69) is 40.0 Å². The first-order chi connectivity index (χ1) is 12.0. The van der Waals surface area contributed by atoms with Crippen molar-refractivity contribution in [2.75, 3.05) is 12.3 Å². The Balaban J connectivity index is 1.83. The Hall–Kier alpha value is -2.42. The number of nitrogens with zero attached hydrogens (tertiary/aromatic N) is 4. The molecule has 0 fully saturated rings. The molecule has 0 spiro atoms. The number of tetrazole rings is 1. The van der Waals surface area contributed by atoms with Gasteiger partial charge in [0, 0.05) is 6.54 Å². The number of imide groups is 1. The monoisotopic (exact) mass is 362 g/mol. The van der Waals surface area contributed by atoms with E-state index in [1.54, 1.807) is 4.68 Å². The molecule has 2 aromatic rings. The number of amides is 3. The normalized spacial score (nSPS) is 10.7. The fourth-order valence-corrected chi connectivity index (χ4v) is 2.62. The summed E-state index contributed by atoms with van der Waals surface area (Å²) in [6, 6.07) is 7.24. The molecule has 0 aliphatic rings. The minimum Gasteiger partial charge on any atom is -0.338 e. The number of aromatic nitrogens is 4. The lowest BCUT2D eigenvalue weighted by Gasteiger charge is -2.08. The molecule has 2 N–H and O–H groups in total. The quantitative estimate of drug-likeness (QED) is 0.730. The second-order valence-electron chi connectivity index (χ2n) is 5.98. The number of benzene rings is 1. The number of thioether (sulfide) groups is 1. The van der Waals surface area contributed by atoms with Crippen molar-refractivity contribution in [3.63, 3.8) is 0 Å². The number of nitrogens with one attached hydrogen (secondary N) is 2. The second kappa shape index (κ2) is 9.16. The lowest BCUT2D eigenvalue weighted by Crippen LogP contribution is -2.40. The van der Waals surface area contributed by atoms with Crippen LogP contribution < -0.4 is 10.6 Å². The third-order valence-corrected chi connectivity index (χ3v) is 4.23. The smallest absolute Gasteiger partial charge is 0.321 e. The zero-order valence-electron chi connectivity index (χ0n) is 14.5. The number of aryl methyl sites for hydroxylation is 1. The van der Waals surface area contributed by atoms with Crippen LogP contribution in [0.15, 0.2) is 29.4 Å². The van der Waals surface area contributed by atoms with Crippen LogP contribution in [0.5, 0.6) is 0 Å². The molecule has 9 heteroatoms. The van der Waals surface area contributed by atoms with Crippen LogP contribution in [0, 0.1) is 12.8 Å². The lowest BCUT2D eigenvalue weighted by molar-refractivity contribution is -0.117. The summed E-state index contributed by atoms with van der Waals surface area (Å²) in [5.74, 6) is 0.141. The highest BCUT2D eigenvalue weighted by molar-refractivity contribution is 7.99. The van der Waals surface area contributed by atoms with E-state index in [1.165, 1.54) is 11.8 Å². The molecule has 0 saturated carbocycles. The van der Waals surface area contributed by atoms with Crippen LogP contribution in [0.4, 0.5) is 4.79 Å². The van der Waals surface area contributed by atoms with Gasteiger partial charge in [0.25, 0.3) is 0 Å². The minimum absolute atomic E-state index is 0.0455. The highest BCUT2D eigenvalue weighted by Crippen LogP contribution is 2.18. The molecule has 0 atom stereocenters. The van der Waals surface area contributed by atoms with Gasteiger partial charge in [-0.05, 0) is 41.8 Å². The Labute approximate surface area is 150 Å². The van der Waals surface area contributed by atoms with E-state index in [4.69, 9.17) is 0 Å². The fraction of sp³-hybridized carbons (Fsp3) is 0.438. The zero-order valence-corrected chi connectivity index (χ0v) is 15.3. The lowest BCUT2D eigenvalue weighted by atomic mass is 10.1. The van der Waals surface area contributed by atoms with Gasteiger partial charge >= 0.3 is 6.03 Å². The van der Waals surface area contributed by atoms with Crippen LogP contribution in [-0.4, -0.2) is 44.4 Å². The van der Waals surface area contributed by atoms with Crippen LogP contribution in [-0.2, 0) is 4.79 Å². The molecule has 8 nitrogen and oxygen atoms in total. The molecule has 1 aromatic heterocycles. The van der Waals surface area contributed by atoms with Gasteiger partial charge in [0.1, 0.15) is 0 Å². The maximum absolute atomic E-state index is 11.9. The molecule has 134 valence electrons. The van der Waals surface area contributed by atoms with Crippen molar-refractivity contribution in [3.8, 4) is 5.69 Å². The first kappa shape index (κ1) is 18.9. The Morgan fingerprint density at radius 2 is 1.96 bits per heavy atom. The second-order valence-corrected chi connectivity index (χ2v) is 6.93. The molecule has 2 rings (SSSR count). The Bertz CT molecular complexity index is 714. The van der Waals surface area contributed by atoms with E-state index in [-0.39, 0.29) is 5.75 Å². The van der Waals surface area contributed by atoms with Crippen LogP contribution in [0.1, 0.15) is 25.8 Å². The molecule has 0 aliphatic heterocycles. The van der Waals surface area contributed by atoms with Gasteiger partial charge in [-0.2, -0.15) is 4.68 Å². The van der Waals surface area contributed by atoms with E-state index in [1.807, 2.05) is 31.2 Å². The van der Waals surface area contributed by atoms with Crippen LogP contribution in [0.25, 0.3) is 5.69 Å². The molecule has 0 radical (unpaired) electrons. The predicted molar refractivity (Wildman–Crippen MR) is 95.6 cm³/mol. The van der Waals surface area contributed by atoms with Crippen molar-refractivity contribution in [2.24, 2.45) is 5.92 Å². The van der Waals surface area contributed by atoms with E-state index in [0.717, 1.165) is 17.7 Å². The minimum atomic E-state index is -0.482. The number of urea groups is 1. The summed E-state index contributed by atoms with van der Waals surface area (Å²) in [6.45, 7) is 6.67. The molecule has 0 aliphatic carbocycles. The summed E-state index contributed by atoms with van der Waals surface area (Å²) in [4.78, 5) is 23.5. The fourth-order valence-electron chi connectivity index (χ4n) is 1.93. The van der Waals surface area contributed by atoms with E-state index in [9.17, 15) is 9.59 Å².